The summed E-state index contributed by atoms with van der Waals surface area (Å²) in [4.78, 5) is 7.27. The van der Waals surface area contributed by atoms with Crippen molar-refractivity contribution in [3.8, 4) is 0 Å². The van der Waals surface area contributed by atoms with Crippen molar-refractivity contribution in [1.29, 1.82) is 0 Å². The molecular weight excluding hydrogens is 270 g/mol. The van der Waals surface area contributed by atoms with Crippen LogP contribution in [0.3, 0.4) is 0 Å². The van der Waals surface area contributed by atoms with Gasteiger partial charge in [0.25, 0.3) is 0 Å². The summed E-state index contributed by atoms with van der Waals surface area (Å²) in [5.41, 5.74) is 4.95. The van der Waals surface area contributed by atoms with E-state index in [1.54, 1.807) is 0 Å². The maximum Gasteiger partial charge on any atom is 0.0729 e. The van der Waals surface area contributed by atoms with Gasteiger partial charge in [0.05, 0.1) is 5.52 Å². The Labute approximate surface area is 133 Å². The van der Waals surface area contributed by atoms with Gasteiger partial charge in [-0.1, -0.05) is 25.5 Å². The number of nitrogens with one attached hydrogen (secondary N) is 1. The molecule has 0 aliphatic carbocycles. The molecule has 0 unspecified atom stereocenters. The number of aryl methyl sites for hydroxylation is 1. The lowest BCUT2D eigenvalue weighted by atomic mass is 10.1. The minimum atomic E-state index is 0.935. The number of hydrogen-bond donors (Lipinski definition) is 1. The molecule has 3 heteroatoms. The lowest BCUT2D eigenvalue weighted by Crippen LogP contribution is -2.18. The molecule has 0 atom stereocenters. The molecule has 0 saturated carbocycles. The lowest BCUT2D eigenvalue weighted by molar-refractivity contribution is 0.641. The van der Waals surface area contributed by atoms with Crippen LogP contribution in [0, 0.1) is 6.92 Å². The highest BCUT2D eigenvalue weighted by Gasteiger charge is 2.16. The predicted molar refractivity (Wildman–Crippen MR) is 94.5 cm³/mol. The summed E-state index contributed by atoms with van der Waals surface area (Å²) in [5.74, 6) is 0. The Kier molecular flexibility index (Phi) is 4.94. The fourth-order valence-electron chi connectivity index (χ4n) is 3.25. The molecule has 0 amide bonds. The second-order valence-electron chi connectivity index (χ2n) is 6.36. The van der Waals surface area contributed by atoms with Crippen LogP contribution in [0.15, 0.2) is 24.3 Å². The van der Waals surface area contributed by atoms with Gasteiger partial charge in [0.15, 0.2) is 0 Å². The van der Waals surface area contributed by atoms with Crippen LogP contribution in [-0.2, 0) is 6.54 Å². The average Bonchev–Trinajstić information content (AvgIpc) is 3.04. The standard InChI is InChI=1S/C19H27N3/c1-3-4-9-20-14-16-7-8-17-18(13-16)21-15(2)12-19(17)22-10-5-6-11-22/h7-8,12-13,20H,3-6,9-11,14H2,1-2H3. The third-order valence-electron chi connectivity index (χ3n) is 4.46. The number of hydrogen-bond acceptors (Lipinski definition) is 3. The molecule has 1 aromatic heterocycles. The quantitative estimate of drug-likeness (QED) is 0.816. The summed E-state index contributed by atoms with van der Waals surface area (Å²) in [7, 11) is 0. The van der Waals surface area contributed by atoms with Gasteiger partial charge in [0.2, 0.25) is 0 Å². The SMILES string of the molecule is CCCCNCc1ccc2c(N3CCCC3)cc(C)nc2c1. The van der Waals surface area contributed by atoms with Crippen molar-refractivity contribution in [2.45, 2.75) is 46.1 Å². The summed E-state index contributed by atoms with van der Waals surface area (Å²) in [6.45, 7) is 8.71. The summed E-state index contributed by atoms with van der Waals surface area (Å²) in [6, 6.07) is 9.00. The zero-order valence-electron chi connectivity index (χ0n) is 13.9. The first-order valence-electron chi connectivity index (χ1n) is 8.64. The lowest BCUT2D eigenvalue weighted by Gasteiger charge is -2.20. The molecule has 118 valence electrons. The van der Waals surface area contributed by atoms with E-state index in [-0.39, 0.29) is 0 Å². The van der Waals surface area contributed by atoms with Crippen LogP contribution in [-0.4, -0.2) is 24.6 Å². The maximum atomic E-state index is 4.76. The van der Waals surface area contributed by atoms with Gasteiger partial charge in [-0.3, -0.25) is 4.98 Å². The number of aromatic nitrogens is 1. The molecule has 1 aliphatic heterocycles. The molecule has 2 aromatic rings. The monoisotopic (exact) mass is 297 g/mol. The van der Waals surface area contributed by atoms with Crippen molar-refractivity contribution in [3.05, 3.63) is 35.5 Å². The molecule has 0 bridgehead atoms. The van der Waals surface area contributed by atoms with Crippen molar-refractivity contribution in [3.63, 3.8) is 0 Å². The zero-order valence-corrected chi connectivity index (χ0v) is 13.9. The number of nitrogens with zero attached hydrogens (tertiary/aromatic N) is 2. The van der Waals surface area contributed by atoms with E-state index in [0.717, 1.165) is 24.3 Å². The van der Waals surface area contributed by atoms with Crippen molar-refractivity contribution < 1.29 is 0 Å². The van der Waals surface area contributed by atoms with E-state index in [1.165, 1.54) is 55.4 Å². The van der Waals surface area contributed by atoms with Gasteiger partial charge >= 0.3 is 0 Å². The van der Waals surface area contributed by atoms with E-state index in [0.29, 0.717) is 0 Å². The van der Waals surface area contributed by atoms with Crippen LogP contribution in [0.25, 0.3) is 10.9 Å². The van der Waals surface area contributed by atoms with Gasteiger partial charge in [-0.15, -0.1) is 0 Å². The average molecular weight is 297 g/mol. The molecule has 3 nitrogen and oxygen atoms in total. The predicted octanol–water partition coefficient (Wildman–Crippen LogP) is 4.03. The van der Waals surface area contributed by atoms with E-state index in [1.807, 2.05) is 0 Å². The minimum absolute atomic E-state index is 0.935. The highest BCUT2D eigenvalue weighted by molar-refractivity contribution is 5.92. The zero-order chi connectivity index (χ0) is 15.4. The van der Waals surface area contributed by atoms with Gasteiger partial charge in [-0.25, -0.2) is 0 Å². The largest absolute Gasteiger partial charge is 0.371 e. The highest BCUT2D eigenvalue weighted by Crippen LogP contribution is 2.30. The van der Waals surface area contributed by atoms with Crippen LogP contribution in [0.1, 0.15) is 43.9 Å². The van der Waals surface area contributed by atoms with Gasteiger partial charge < -0.3 is 10.2 Å². The van der Waals surface area contributed by atoms with E-state index in [9.17, 15) is 0 Å². The molecule has 1 saturated heterocycles. The van der Waals surface area contributed by atoms with Crippen molar-refractivity contribution in [2.24, 2.45) is 0 Å². The Morgan fingerprint density at radius 2 is 2.00 bits per heavy atom. The van der Waals surface area contributed by atoms with E-state index in [2.05, 4.69) is 48.3 Å². The number of anilines is 1. The summed E-state index contributed by atoms with van der Waals surface area (Å²) in [6.07, 6.45) is 5.10. The summed E-state index contributed by atoms with van der Waals surface area (Å²) < 4.78 is 0. The Hall–Kier alpha value is -1.61. The third kappa shape index (κ3) is 3.41. The molecule has 2 heterocycles. The Balaban J connectivity index is 1.85. The Bertz CT molecular complexity index is 630. The first-order chi connectivity index (χ1) is 10.8. The van der Waals surface area contributed by atoms with Crippen molar-refractivity contribution >= 4 is 16.6 Å². The minimum Gasteiger partial charge on any atom is -0.371 e. The first kappa shape index (κ1) is 15.3. The molecule has 0 spiro atoms. The fourth-order valence-corrected chi connectivity index (χ4v) is 3.25. The van der Waals surface area contributed by atoms with Gasteiger partial charge in [-0.2, -0.15) is 0 Å². The van der Waals surface area contributed by atoms with Crippen LogP contribution >= 0.6 is 0 Å². The summed E-state index contributed by atoms with van der Waals surface area (Å²) in [5, 5.41) is 4.81. The fraction of sp³-hybridized carbons (Fsp3) is 0.526. The molecular formula is C19H27N3. The molecule has 1 aliphatic rings. The Morgan fingerprint density at radius 1 is 1.18 bits per heavy atom. The van der Waals surface area contributed by atoms with E-state index < -0.39 is 0 Å². The molecule has 1 N–H and O–H groups in total. The molecule has 1 fully saturated rings. The van der Waals surface area contributed by atoms with Gasteiger partial charge in [-0.05, 0) is 50.4 Å². The van der Waals surface area contributed by atoms with Crippen LogP contribution in [0.5, 0.6) is 0 Å². The molecule has 0 radical (unpaired) electrons. The number of rotatable bonds is 6. The normalized spacial score (nSPS) is 14.9. The molecule has 1 aromatic carbocycles. The number of benzene rings is 1. The van der Waals surface area contributed by atoms with Crippen molar-refractivity contribution in [2.75, 3.05) is 24.5 Å². The van der Waals surface area contributed by atoms with E-state index in [4.69, 9.17) is 4.98 Å². The topological polar surface area (TPSA) is 28.2 Å². The number of unbranched alkanes of at least 4 members (excludes halogenated alkanes) is 1. The molecule has 22 heavy (non-hydrogen) atoms. The van der Waals surface area contributed by atoms with Gasteiger partial charge in [0.1, 0.15) is 0 Å². The van der Waals surface area contributed by atoms with Crippen LogP contribution in [0.4, 0.5) is 5.69 Å². The van der Waals surface area contributed by atoms with Crippen molar-refractivity contribution in [1.82, 2.24) is 10.3 Å². The highest BCUT2D eigenvalue weighted by atomic mass is 15.1. The molecule has 3 rings (SSSR count). The Morgan fingerprint density at radius 3 is 2.77 bits per heavy atom. The second-order valence-corrected chi connectivity index (χ2v) is 6.36. The second kappa shape index (κ2) is 7.10. The summed E-state index contributed by atoms with van der Waals surface area (Å²) >= 11 is 0. The third-order valence-corrected chi connectivity index (χ3v) is 4.46. The number of pyridine rings is 1. The van der Waals surface area contributed by atoms with Crippen LogP contribution < -0.4 is 10.2 Å². The number of fused-ring (bicyclic) bond motifs is 1. The van der Waals surface area contributed by atoms with Crippen LogP contribution in [0.2, 0.25) is 0 Å². The first-order valence-corrected chi connectivity index (χ1v) is 8.64. The smallest absolute Gasteiger partial charge is 0.0729 e. The van der Waals surface area contributed by atoms with Gasteiger partial charge in [0, 0.05) is 36.4 Å². The van der Waals surface area contributed by atoms with E-state index >= 15 is 0 Å². The maximum absolute atomic E-state index is 4.76.